The fraction of sp³-hybridized carbons (Fsp3) is 1.00. The van der Waals surface area contributed by atoms with Gasteiger partial charge in [0.1, 0.15) is 0 Å². The van der Waals surface area contributed by atoms with Crippen LogP contribution in [0.5, 0.6) is 0 Å². The molecule has 5 heteroatoms. The molecule has 0 aromatic heterocycles. The molecule has 0 N–H and O–H groups in total. The van der Waals surface area contributed by atoms with Gasteiger partial charge in [-0.2, -0.15) is 0 Å². The molecule has 0 aliphatic heterocycles. The Kier molecular flexibility index (Phi) is 27.0. The molecule has 0 aromatic carbocycles. The predicted molar refractivity (Wildman–Crippen MR) is 109 cm³/mol. The Morgan fingerprint density at radius 1 is 0.556 bits per heavy atom. The minimum absolute atomic E-state index is 0. The third-order valence-corrected chi connectivity index (χ3v) is 5.83. The summed E-state index contributed by atoms with van der Waals surface area (Å²) in [4.78, 5) is 5.78. The first-order valence-electron chi connectivity index (χ1n) is 11.3. The van der Waals surface area contributed by atoms with Crippen molar-refractivity contribution in [2.24, 2.45) is 0 Å². The molecule has 2 unspecified atom stereocenters. The van der Waals surface area contributed by atoms with Crippen molar-refractivity contribution in [2.75, 3.05) is 26.2 Å². The minimum Gasteiger partial charge on any atom is -1.00 e. The molecule has 0 heterocycles. The molecule has 1 aliphatic rings. The molecule has 0 spiro atoms. The normalized spacial score (nSPS) is 19.3. The van der Waals surface area contributed by atoms with Crippen LogP contribution in [0.3, 0.4) is 0 Å². The smallest absolute Gasteiger partial charge is 1.00 e. The summed E-state index contributed by atoms with van der Waals surface area (Å²) in [6.45, 7) is 14.7. The Bertz CT molecular complexity index is 251. The summed E-state index contributed by atoms with van der Waals surface area (Å²) in [5.41, 5.74) is 0. The zero-order chi connectivity index (χ0) is 17.6. The molecule has 1 radical (unpaired) electrons. The number of rotatable bonds is 14. The number of hydrogen-bond donors (Lipinski definition) is 0. The SMILES string of the molecule is CCCCN(CCCC)C1CCCCC1N(CCCC)CCCC.[Br-].[Br-].[Cu+2]. The van der Waals surface area contributed by atoms with Crippen molar-refractivity contribution in [3.8, 4) is 0 Å². The summed E-state index contributed by atoms with van der Waals surface area (Å²) >= 11 is 0. The maximum absolute atomic E-state index is 2.89. The van der Waals surface area contributed by atoms with Gasteiger partial charge in [-0.1, -0.05) is 66.2 Å². The van der Waals surface area contributed by atoms with E-state index in [-0.39, 0.29) is 51.0 Å². The van der Waals surface area contributed by atoms with Crippen molar-refractivity contribution in [3.63, 3.8) is 0 Å². The summed E-state index contributed by atoms with van der Waals surface area (Å²) in [6, 6.07) is 1.65. The molecular weight excluding hydrogens is 516 g/mol. The third kappa shape index (κ3) is 13.3. The van der Waals surface area contributed by atoms with Crippen molar-refractivity contribution in [1.29, 1.82) is 0 Å². The van der Waals surface area contributed by atoms with Gasteiger partial charge in [-0.05, 0) is 64.7 Å². The van der Waals surface area contributed by atoms with Crippen molar-refractivity contribution in [2.45, 2.75) is 117 Å². The van der Waals surface area contributed by atoms with E-state index in [4.69, 9.17) is 0 Å². The van der Waals surface area contributed by atoms with E-state index in [9.17, 15) is 0 Å². The molecule has 2 atom stereocenters. The second-order valence-corrected chi connectivity index (χ2v) is 7.91. The minimum atomic E-state index is 0. The summed E-state index contributed by atoms with van der Waals surface area (Å²) < 4.78 is 0. The van der Waals surface area contributed by atoms with Gasteiger partial charge in [-0.3, -0.25) is 9.80 Å². The van der Waals surface area contributed by atoms with Crippen LogP contribution >= 0.6 is 0 Å². The number of unbranched alkanes of at least 4 members (excludes halogenated alkanes) is 4. The first-order valence-corrected chi connectivity index (χ1v) is 11.3. The quantitative estimate of drug-likeness (QED) is 0.278. The Labute approximate surface area is 203 Å². The van der Waals surface area contributed by atoms with Crippen LogP contribution in [-0.2, 0) is 17.1 Å². The first kappa shape index (κ1) is 33.0. The van der Waals surface area contributed by atoms with E-state index in [1.165, 1.54) is 103 Å². The van der Waals surface area contributed by atoms with Crippen LogP contribution in [0.15, 0.2) is 0 Å². The van der Waals surface area contributed by atoms with Crippen LogP contribution in [0.25, 0.3) is 0 Å². The van der Waals surface area contributed by atoms with Gasteiger partial charge in [0.25, 0.3) is 0 Å². The van der Waals surface area contributed by atoms with Crippen LogP contribution in [0.1, 0.15) is 105 Å². The van der Waals surface area contributed by atoms with E-state index >= 15 is 0 Å². The number of halogens is 2. The Morgan fingerprint density at radius 2 is 0.815 bits per heavy atom. The Morgan fingerprint density at radius 3 is 1.04 bits per heavy atom. The van der Waals surface area contributed by atoms with Gasteiger partial charge in [0, 0.05) is 12.1 Å². The molecule has 0 aromatic rings. The average molecular weight is 562 g/mol. The van der Waals surface area contributed by atoms with Gasteiger partial charge in [-0.25, -0.2) is 0 Å². The Hall–Kier alpha value is 1.40. The van der Waals surface area contributed by atoms with E-state index in [0.29, 0.717) is 0 Å². The van der Waals surface area contributed by atoms with Gasteiger partial charge in [-0.15, -0.1) is 0 Å². The summed E-state index contributed by atoms with van der Waals surface area (Å²) in [5.74, 6) is 0. The largest absolute Gasteiger partial charge is 2.00 e. The molecule has 169 valence electrons. The average Bonchev–Trinajstić information content (AvgIpc) is 2.62. The van der Waals surface area contributed by atoms with Crippen LogP contribution in [-0.4, -0.2) is 48.1 Å². The van der Waals surface area contributed by atoms with Gasteiger partial charge >= 0.3 is 17.1 Å². The van der Waals surface area contributed by atoms with Crippen molar-refractivity contribution in [1.82, 2.24) is 9.80 Å². The van der Waals surface area contributed by atoms with Crippen LogP contribution in [0.4, 0.5) is 0 Å². The molecule has 1 saturated carbocycles. The zero-order valence-electron chi connectivity index (χ0n) is 18.4. The maximum atomic E-state index is 2.89. The van der Waals surface area contributed by atoms with E-state index in [2.05, 4.69) is 37.5 Å². The Balaban J connectivity index is -0.00000192. The second kappa shape index (κ2) is 22.1. The fourth-order valence-electron chi connectivity index (χ4n) is 4.28. The molecule has 27 heavy (non-hydrogen) atoms. The summed E-state index contributed by atoms with van der Waals surface area (Å²) in [6.07, 6.45) is 16.6. The van der Waals surface area contributed by atoms with E-state index in [1.807, 2.05) is 0 Å². The van der Waals surface area contributed by atoms with Gasteiger partial charge < -0.3 is 34.0 Å². The number of hydrogen-bond acceptors (Lipinski definition) is 2. The molecule has 0 amide bonds. The van der Waals surface area contributed by atoms with Crippen LogP contribution in [0.2, 0.25) is 0 Å². The maximum Gasteiger partial charge on any atom is 2.00 e. The van der Waals surface area contributed by atoms with Gasteiger partial charge in [0.2, 0.25) is 0 Å². The molecular formula is C22H46Br2CuN2. The topological polar surface area (TPSA) is 6.48 Å². The molecule has 2 nitrogen and oxygen atoms in total. The van der Waals surface area contributed by atoms with E-state index < -0.39 is 0 Å². The number of nitrogens with zero attached hydrogens (tertiary/aromatic N) is 2. The molecule has 1 aliphatic carbocycles. The molecule has 0 saturated heterocycles. The van der Waals surface area contributed by atoms with Gasteiger partial charge in [0.05, 0.1) is 0 Å². The first-order chi connectivity index (χ1) is 11.8. The van der Waals surface area contributed by atoms with E-state index in [1.54, 1.807) is 0 Å². The predicted octanol–water partition coefficient (Wildman–Crippen LogP) is 0.108. The molecule has 1 fully saturated rings. The third-order valence-electron chi connectivity index (χ3n) is 5.83. The fourth-order valence-corrected chi connectivity index (χ4v) is 4.28. The van der Waals surface area contributed by atoms with E-state index in [0.717, 1.165) is 12.1 Å². The van der Waals surface area contributed by atoms with Crippen molar-refractivity contribution < 1.29 is 51.0 Å². The molecule has 0 bridgehead atoms. The van der Waals surface area contributed by atoms with Crippen molar-refractivity contribution >= 4 is 0 Å². The van der Waals surface area contributed by atoms with Crippen LogP contribution in [0, 0.1) is 0 Å². The van der Waals surface area contributed by atoms with Crippen molar-refractivity contribution in [3.05, 3.63) is 0 Å². The zero-order valence-corrected chi connectivity index (χ0v) is 22.5. The summed E-state index contributed by atoms with van der Waals surface area (Å²) in [7, 11) is 0. The van der Waals surface area contributed by atoms with Gasteiger partial charge in [0.15, 0.2) is 0 Å². The second-order valence-electron chi connectivity index (χ2n) is 7.91. The van der Waals surface area contributed by atoms with Crippen LogP contribution < -0.4 is 34.0 Å². The monoisotopic (exact) mass is 559 g/mol. The molecule has 1 rings (SSSR count). The summed E-state index contributed by atoms with van der Waals surface area (Å²) in [5, 5.41) is 0. The standard InChI is InChI=1S/C22H46N2.2BrH.Cu/c1-5-9-17-23(18-10-6-2)21-15-13-14-16-22(21)24(19-11-7-3)20-12-8-4;;;/h21-22H,5-20H2,1-4H3;2*1H;/q;;;+2/p-2.